The molecule has 0 radical (unpaired) electrons. The van der Waals surface area contributed by atoms with Crippen LogP contribution in [0, 0.1) is 12.8 Å². The number of halogens is 3. The van der Waals surface area contributed by atoms with Crippen molar-refractivity contribution >= 4 is 72.1 Å². The molecule has 0 unspecified atom stereocenters. The van der Waals surface area contributed by atoms with Gasteiger partial charge in [-0.25, -0.2) is 21.1 Å². The molecule has 3 aromatic carbocycles. The van der Waals surface area contributed by atoms with Gasteiger partial charge in [-0.15, -0.1) is 0 Å². The highest BCUT2D eigenvalue weighted by Crippen LogP contribution is 2.30. The van der Waals surface area contributed by atoms with Crippen molar-refractivity contribution in [3.05, 3.63) is 86.9 Å². The number of amides is 1. The Hall–Kier alpha value is -2.34. The van der Waals surface area contributed by atoms with E-state index in [0.29, 0.717) is 46.9 Å². The van der Waals surface area contributed by atoms with Crippen LogP contribution in [-0.4, -0.2) is 40.1 Å². The van der Waals surface area contributed by atoms with E-state index in [9.17, 15) is 21.6 Å². The van der Waals surface area contributed by atoms with Crippen LogP contribution in [0.4, 0.5) is 11.4 Å². The van der Waals surface area contributed by atoms with E-state index in [4.69, 9.17) is 34.8 Å². The van der Waals surface area contributed by atoms with Crippen LogP contribution < -0.4 is 10.0 Å². The number of rotatable bonds is 8. The molecule has 2 N–H and O–H groups in total. The smallest absolute Gasteiger partial charge is 0.261 e. The number of nitrogens with one attached hydrogen (secondary N) is 2. The van der Waals surface area contributed by atoms with Crippen LogP contribution in [-0.2, 0) is 30.6 Å². The van der Waals surface area contributed by atoms with Gasteiger partial charge < -0.3 is 5.32 Å². The third-order valence-corrected chi connectivity index (χ3v) is 10.8. The molecule has 0 aromatic heterocycles. The van der Waals surface area contributed by atoms with Gasteiger partial charge >= 0.3 is 0 Å². The summed E-state index contributed by atoms with van der Waals surface area (Å²) in [6.07, 6.45) is 1.03. The maximum atomic E-state index is 13.1. The van der Waals surface area contributed by atoms with Crippen molar-refractivity contribution in [3.63, 3.8) is 0 Å². The van der Waals surface area contributed by atoms with E-state index >= 15 is 0 Å². The summed E-state index contributed by atoms with van der Waals surface area (Å²) in [5.41, 5.74) is 1.68. The molecule has 8 nitrogen and oxygen atoms in total. The number of nitrogens with zero attached hydrogens (tertiary/aromatic N) is 1. The number of anilines is 2. The van der Waals surface area contributed by atoms with Crippen LogP contribution in [0.15, 0.2) is 65.6 Å². The van der Waals surface area contributed by atoms with Crippen molar-refractivity contribution in [2.45, 2.75) is 30.4 Å². The first-order valence-electron chi connectivity index (χ1n) is 12.0. The standard InChI is InChI=1S/C26H26Cl3N3O5S2/c1-17-22(27)6-3-9-25(17)31-39(36,37)20-12-10-19(11-13-20)30-26(33)18-5-4-14-32(15-18)38(34,35)16-21-23(28)7-2-8-24(21)29/h2-3,6-13,18,31H,4-5,14-16H2,1H3,(H,30,33)/t18-/m1/s1. The lowest BCUT2D eigenvalue weighted by molar-refractivity contribution is -0.120. The molecule has 0 bridgehead atoms. The zero-order valence-corrected chi connectivity index (χ0v) is 24.7. The summed E-state index contributed by atoms with van der Waals surface area (Å²) in [5, 5.41) is 3.73. The Balaban J connectivity index is 1.41. The van der Waals surface area contributed by atoms with Gasteiger partial charge in [-0.1, -0.05) is 46.9 Å². The molecule has 1 aliphatic rings. The van der Waals surface area contributed by atoms with Gasteiger partial charge in [-0.05, 0) is 73.9 Å². The van der Waals surface area contributed by atoms with Gasteiger partial charge in [0, 0.05) is 39.4 Å². The number of piperidine rings is 1. The highest BCUT2D eigenvalue weighted by molar-refractivity contribution is 7.92. The molecule has 208 valence electrons. The van der Waals surface area contributed by atoms with E-state index in [-0.39, 0.29) is 33.1 Å². The van der Waals surface area contributed by atoms with E-state index in [1.165, 1.54) is 28.6 Å². The number of hydrogen-bond acceptors (Lipinski definition) is 5. The van der Waals surface area contributed by atoms with E-state index in [0.717, 1.165) is 0 Å². The van der Waals surface area contributed by atoms with Crippen LogP contribution in [0.2, 0.25) is 15.1 Å². The van der Waals surface area contributed by atoms with Gasteiger partial charge in [0.15, 0.2) is 0 Å². The molecular weight excluding hydrogens is 605 g/mol. The molecule has 0 aliphatic carbocycles. The SMILES string of the molecule is Cc1c(Cl)cccc1NS(=O)(=O)c1ccc(NC(=O)[C@@H]2CCCN(S(=O)(=O)Cc3c(Cl)cccc3Cl)C2)cc1. The lowest BCUT2D eigenvalue weighted by Gasteiger charge is -2.31. The Morgan fingerprint density at radius 2 is 1.54 bits per heavy atom. The van der Waals surface area contributed by atoms with Crippen LogP contribution in [0.3, 0.4) is 0 Å². The largest absolute Gasteiger partial charge is 0.326 e. The third-order valence-electron chi connectivity index (χ3n) is 6.48. The second kappa shape index (κ2) is 12.0. The summed E-state index contributed by atoms with van der Waals surface area (Å²) in [7, 11) is -7.66. The average Bonchev–Trinajstić information content (AvgIpc) is 2.89. The molecule has 1 aliphatic heterocycles. The second-order valence-corrected chi connectivity index (χ2v) is 14.1. The maximum Gasteiger partial charge on any atom is 0.261 e. The summed E-state index contributed by atoms with van der Waals surface area (Å²) in [6, 6.07) is 15.4. The Bertz CT molecular complexity index is 1580. The Kier molecular flexibility index (Phi) is 9.15. The predicted octanol–water partition coefficient (Wildman–Crippen LogP) is 5.94. The average molecular weight is 631 g/mol. The Morgan fingerprint density at radius 1 is 0.923 bits per heavy atom. The van der Waals surface area contributed by atoms with Crippen molar-refractivity contribution in [2.24, 2.45) is 5.92 Å². The summed E-state index contributed by atoms with van der Waals surface area (Å²) < 4.78 is 55.7. The van der Waals surface area contributed by atoms with Gasteiger partial charge in [-0.3, -0.25) is 9.52 Å². The molecule has 39 heavy (non-hydrogen) atoms. The van der Waals surface area contributed by atoms with E-state index in [1.807, 2.05) is 0 Å². The molecule has 1 atom stereocenters. The lowest BCUT2D eigenvalue weighted by Crippen LogP contribution is -2.44. The highest BCUT2D eigenvalue weighted by atomic mass is 35.5. The first-order valence-corrected chi connectivity index (χ1v) is 16.2. The lowest BCUT2D eigenvalue weighted by atomic mass is 9.99. The molecule has 0 spiro atoms. The van der Waals surface area contributed by atoms with Crippen LogP contribution >= 0.6 is 34.8 Å². The predicted molar refractivity (Wildman–Crippen MR) is 155 cm³/mol. The first-order chi connectivity index (χ1) is 18.4. The molecular formula is C26H26Cl3N3O5S2. The molecule has 0 saturated carbocycles. The third kappa shape index (κ3) is 7.06. The molecule has 3 aromatic rings. The summed E-state index contributed by atoms with van der Waals surface area (Å²) in [4.78, 5) is 13.0. The summed E-state index contributed by atoms with van der Waals surface area (Å²) in [6.45, 7) is 2.02. The minimum Gasteiger partial charge on any atom is -0.326 e. The number of benzene rings is 3. The fourth-order valence-corrected chi connectivity index (χ4v) is 7.90. The van der Waals surface area contributed by atoms with Crippen molar-refractivity contribution in [3.8, 4) is 0 Å². The number of sulfonamides is 2. The minimum absolute atomic E-state index is 0.00745. The maximum absolute atomic E-state index is 13.1. The van der Waals surface area contributed by atoms with Crippen molar-refractivity contribution < 1.29 is 21.6 Å². The van der Waals surface area contributed by atoms with E-state index in [2.05, 4.69) is 10.0 Å². The van der Waals surface area contributed by atoms with E-state index in [1.54, 1.807) is 43.3 Å². The first kappa shape index (κ1) is 29.6. The van der Waals surface area contributed by atoms with Crippen molar-refractivity contribution in [1.82, 2.24) is 4.31 Å². The summed E-state index contributed by atoms with van der Waals surface area (Å²) >= 11 is 18.4. The van der Waals surface area contributed by atoms with Gasteiger partial charge in [0.05, 0.1) is 22.3 Å². The highest BCUT2D eigenvalue weighted by Gasteiger charge is 2.33. The molecule has 4 rings (SSSR count). The number of carbonyl (C=O) groups is 1. The van der Waals surface area contributed by atoms with Crippen molar-refractivity contribution in [2.75, 3.05) is 23.1 Å². The van der Waals surface area contributed by atoms with Gasteiger partial charge in [-0.2, -0.15) is 0 Å². The fraction of sp³-hybridized carbons (Fsp3) is 0.269. The molecule has 1 amide bonds. The quantitative estimate of drug-likeness (QED) is 0.320. The molecule has 1 heterocycles. The minimum atomic E-state index is -3.89. The monoisotopic (exact) mass is 629 g/mol. The normalized spacial score (nSPS) is 16.6. The second-order valence-electron chi connectivity index (χ2n) is 9.19. The molecule has 1 saturated heterocycles. The Morgan fingerprint density at radius 3 is 2.21 bits per heavy atom. The van der Waals surface area contributed by atoms with Crippen molar-refractivity contribution in [1.29, 1.82) is 0 Å². The fourth-order valence-electron chi connectivity index (χ4n) is 4.24. The van der Waals surface area contributed by atoms with Gasteiger partial charge in [0.25, 0.3) is 10.0 Å². The molecule has 13 heteroatoms. The van der Waals surface area contributed by atoms with E-state index < -0.39 is 26.0 Å². The zero-order chi connectivity index (χ0) is 28.4. The zero-order valence-electron chi connectivity index (χ0n) is 20.8. The Labute approximate surface area is 243 Å². The topological polar surface area (TPSA) is 113 Å². The van der Waals surface area contributed by atoms with Gasteiger partial charge in [0.2, 0.25) is 15.9 Å². The summed E-state index contributed by atoms with van der Waals surface area (Å²) in [5.74, 6) is -1.29. The van der Waals surface area contributed by atoms with Crippen LogP contribution in [0.5, 0.6) is 0 Å². The van der Waals surface area contributed by atoms with Gasteiger partial charge in [0.1, 0.15) is 0 Å². The number of hydrogen-bond donors (Lipinski definition) is 2. The van der Waals surface area contributed by atoms with Crippen LogP contribution in [0.25, 0.3) is 0 Å². The van der Waals surface area contributed by atoms with Crippen LogP contribution in [0.1, 0.15) is 24.0 Å². The molecule has 1 fully saturated rings. The number of carbonyl (C=O) groups excluding carboxylic acids is 1.